The Morgan fingerprint density at radius 2 is 1.96 bits per heavy atom. The van der Waals surface area contributed by atoms with Crippen LogP contribution in [-0.2, 0) is 0 Å². The average molecular weight is 318 g/mol. The van der Waals surface area contributed by atoms with Gasteiger partial charge in [-0.3, -0.25) is 4.79 Å². The first-order valence-electron chi connectivity index (χ1n) is 7.55. The number of anilines is 2. The van der Waals surface area contributed by atoms with E-state index in [0.29, 0.717) is 36.1 Å². The van der Waals surface area contributed by atoms with Crippen molar-refractivity contribution < 1.29 is 9.32 Å². The van der Waals surface area contributed by atoms with E-state index in [4.69, 9.17) is 4.52 Å². The third kappa shape index (κ3) is 4.41. The first-order valence-corrected chi connectivity index (χ1v) is 7.55. The molecule has 0 radical (unpaired) electrons. The van der Waals surface area contributed by atoms with Crippen molar-refractivity contribution in [3.8, 4) is 0 Å². The number of amides is 1. The van der Waals surface area contributed by atoms with Crippen LogP contribution in [0.15, 0.2) is 10.6 Å². The van der Waals surface area contributed by atoms with Gasteiger partial charge in [-0.25, -0.2) is 4.98 Å². The number of carbonyl (C=O) groups excluding carboxylic acids is 1. The minimum atomic E-state index is -0.185. The number of aromatic nitrogens is 3. The molecule has 2 aromatic rings. The zero-order valence-corrected chi connectivity index (χ0v) is 13.9. The molecule has 2 heterocycles. The molecule has 23 heavy (non-hydrogen) atoms. The van der Waals surface area contributed by atoms with Gasteiger partial charge in [-0.1, -0.05) is 5.16 Å². The molecular weight excluding hydrogens is 296 g/mol. The van der Waals surface area contributed by atoms with Gasteiger partial charge in [-0.05, 0) is 27.7 Å². The van der Waals surface area contributed by atoms with Gasteiger partial charge in [0.2, 0.25) is 5.95 Å². The molecule has 0 aliphatic heterocycles. The smallest absolute Gasteiger partial charge is 0.256 e. The Kier molecular flexibility index (Phi) is 5.51. The normalized spacial score (nSPS) is 10.4. The maximum absolute atomic E-state index is 12.1. The van der Waals surface area contributed by atoms with Crippen LogP contribution < -0.4 is 16.0 Å². The monoisotopic (exact) mass is 318 g/mol. The van der Waals surface area contributed by atoms with Gasteiger partial charge in [-0.15, -0.1) is 0 Å². The van der Waals surface area contributed by atoms with Crippen molar-refractivity contribution in [2.24, 2.45) is 0 Å². The number of hydrogen-bond acceptors (Lipinski definition) is 7. The highest BCUT2D eigenvalue weighted by Gasteiger charge is 2.16. The van der Waals surface area contributed by atoms with E-state index in [-0.39, 0.29) is 5.91 Å². The van der Waals surface area contributed by atoms with Gasteiger partial charge in [0, 0.05) is 31.4 Å². The zero-order valence-electron chi connectivity index (χ0n) is 13.9. The van der Waals surface area contributed by atoms with E-state index in [0.717, 1.165) is 18.1 Å². The first kappa shape index (κ1) is 16.7. The van der Waals surface area contributed by atoms with Crippen LogP contribution in [0.3, 0.4) is 0 Å². The van der Waals surface area contributed by atoms with Gasteiger partial charge in [0.1, 0.15) is 17.1 Å². The fourth-order valence-corrected chi connectivity index (χ4v) is 2.16. The van der Waals surface area contributed by atoms with Gasteiger partial charge in [0.05, 0.1) is 5.69 Å². The van der Waals surface area contributed by atoms with E-state index in [1.165, 1.54) is 0 Å². The van der Waals surface area contributed by atoms with Gasteiger partial charge < -0.3 is 20.5 Å². The summed E-state index contributed by atoms with van der Waals surface area (Å²) < 4.78 is 4.99. The second kappa shape index (κ2) is 7.57. The average Bonchev–Trinajstić information content (AvgIpc) is 2.82. The predicted octanol–water partition coefficient (Wildman–Crippen LogP) is 1.66. The van der Waals surface area contributed by atoms with Crippen LogP contribution in [0.2, 0.25) is 0 Å². The summed E-state index contributed by atoms with van der Waals surface area (Å²) in [6.45, 7) is 9.14. The van der Waals surface area contributed by atoms with Gasteiger partial charge in [0.25, 0.3) is 5.91 Å². The second-order valence-corrected chi connectivity index (χ2v) is 5.13. The third-order valence-corrected chi connectivity index (χ3v) is 3.17. The van der Waals surface area contributed by atoms with Crippen molar-refractivity contribution in [3.63, 3.8) is 0 Å². The predicted molar refractivity (Wildman–Crippen MR) is 87.7 cm³/mol. The van der Waals surface area contributed by atoms with Crippen LogP contribution in [0.5, 0.6) is 0 Å². The number of rotatable bonds is 7. The van der Waals surface area contributed by atoms with Crippen LogP contribution in [0, 0.1) is 20.8 Å². The van der Waals surface area contributed by atoms with Crippen molar-refractivity contribution >= 4 is 17.7 Å². The summed E-state index contributed by atoms with van der Waals surface area (Å²) >= 11 is 0. The quantitative estimate of drug-likeness (QED) is 0.667. The summed E-state index contributed by atoms with van der Waals surface area (Å²) in [7, 11) is 0. The minimum absolute atomic E-state index is 0.185. The molecular formula is C15H22N6O2. The number of aryl methyl sites for hydroxylation is 3. The van der Waals surface area contributed by atoms with Gasteiger partial charge in [0.15, 0.2) is 0 Å². The molecule has 2 aromatic heterocycles. The lowest BCUT2D eigenvalue weighted by atomic mass is 10.2. The molecule has 8 nitrogen and oxygen atoms in total. The van der Waals surface area contributed by atoms with E-state index in [2.05, 4.69) is 31.1 Å². The topological polar surface area (TPSA) is 105 Å². The standard InChI is InChI=1S/C15H22N6O2/c1-5-16-15-19-9(2)8-12(20-15)17-6-7-18-14(22)13-10(3)21-23-11(13)4/h8H,5-7H2,1-4H3,(H,18,22)(H2,16,17,19,20). The SMILES string of the molecule is CCNc1nc(C)cc(NCCNC(=O)c2c(C)noc2C)n1. The Balaban J connectivity index is 1.85. The Bertz CT molecular complexity index is 663. The van der Waals surface area contributed by atoms with Crippen LogP contribution in [-0.4, -0.2) is 40.7 Å². The fraction of sp³-hybridized carbons (Fsp3) is 0.467. The molecule has 0 aromatic carbocycles. The Hall–Kier alpha value is -2.64. The van der Waals surface area contributed by atoms with E-state index in [9.17, 15) is 4.79 Å². The molecule has 124 valence electrons. The molecule has 0 unspecified atom stereocenters. The highest BCUT2D eigenvalue weighted by Crippen LogP contribution is 2.11. The molecule has 1 amide bonds. The Labute approximate surface area is 135 Å². The van der Waals surface area contributed by atoms with E-state index < -0.39 is 0 Å². The summed E-state index contributed by atoms with van der Waals surface area (Å²) in [5.41, 5.74) is 1.96. The van der Waals surface area contributed by atoms with Gasteiger partial charge >= 0.3 is 0 Å². The maximum Gasteiger partial charge on any atom is 0.256 e. The Morgan fingerprint density at radius 3 is 2.61 bits per heavy atom. The molecule has 2 rings (SSSR count). The summed E-state index contributed by atoms with van der Waals surface area (Å²) in [6.07, 6.45) is 0. The molecule has 3 N–H and O–H groups in total. The summed E-state index contributed by atoms with van der Waals surface area (Å²) in [5, 5.41) is 12.9. The molecule has 0 saturated heterocycles. The van der Waals surface area contributed by atoms with E-state index >= 15 is 0 Å². The number of hydrogen-bond donors (Lipinski definition) is 3. The highest BCUT2D eigenvalue weighted by molar-refractivity contribution is 5.96. The molecule has 0 aliphatic rings. The maximum atomic E-state index is 12.1. The van der Waals surface area contributed by atoms with Crippen LogP contribution >= 0.6 is 0 Å². The largest absolute Gasteiger partial charge is 0.368 e. The lowest BCUT2D eigenvalue weighted by molar-refractivity contribution is 0.0953. The summed E-state index contributed by atoms with van der Waals surface area (Å²) in [6, 6.07) is 1.86. The second-order valence-electron chi connectivity index (χ2n) is 5.13. The number of nitrogens with one attached hydrogen (secondary N) is 3. The lowest BCUT2D eigenvalue weighted by Gasteiger charge is -2.09. The van der Waals surface area contributed by atoms with Crippen LogP contribution in [0.1, 0.15) is 34.4 Å². The summed E-state index contributed by atoms with van der Waals surface area (Å²) in [4.78, 5) is 20.7. The lowest BCUT2D eigenvalue weighted by Crippen LogP contribution is -2.29. The summed E-state index contributed by atoms with van der Waals surface area (Å²) in [5.74, 6) is 1.65. The van der Waals surface area contributed by atoms with Crippen LogP contribution in [0.25, 0.3) is 0 Å². The Morgan fingerprint density at radius 1 is 1.17 bits per heavy atom. The van der Waals surface area contributed by atoms with Crippen molar-refractivity contribution in [2.45, 2.75) is 27.7 Å². The van der Waals surface area contributed by atoms with Crippen molar-refractivity contribution in [3.05, 3.63) is 28.8 Å². The van der Waals surface area contributed by atoms with Gasteiger partial charge in [-0.2, -0.15) is 4.98 Å². The van der Waals surface area contributed by atoms with Crippen molar-refractivity contribution in [2.75, 3.05) is 30.3 Å². The number of nitrogens with zero attached hydrogens (tertiary/aromatic N) is 3. The van der Waals surface area contributed by atoms with Crippen LogP contribution in [0.4, 0.5) is 11.8 Å². The first-order chi connectivity index (χ1) is 11.0. The highest BCUT2D eigenvalue weighted by atomic mass is 16.5. The third-order valence-electron chi connectivity index (χ3n) is 3.17. The molecule has 0 fully saturated rings. The molecule has 8 heteroatoms. The van der Waals surface area contributed by atoms with Crippen molar-refractivity contribution in [1.82, 2.24) is 20.4 Å². The van der Waals surface area contributed by atoms with E-state index in [1.54, 1.807) is 13.8 Å². The van der Waals surface area contributed by atoms with E-state index in [1.807, 2.05) is 19.9 Å². The minimum Gasteiger partial charge on any atom is -0.368 e. The molecule has 0 saturated carbocycles. The molecule has 0 atom stereocenters. The fourth-order valence-electron chi connectivity index (χ4n) is 2.16. The zero-order chi connectivity index (χ0) is 16.8. The van der Waals surface area contributed by atoms with Crippen molar-refractivity contribution in [1.29, 1.82) is 0 Å². The molecule has 0 aliphatic carbocycles. The molecule has 0 spiro atoms. The molecule has 0 bridgehead atoms. The number of carbonyl (C=O) groups is 1.